The summed E-state index contributed by atoms with van der Waals surface area (Å²) in [5, 5.41) is 3.17. The van der Waals surface area contributed by atoms with Crippen LogP contribution in [-0.2, 0) is 0 Å². The second kappa shape index (κ2) is 6.56. The summed E-state index contributed by atoms with van der Waals surface area (Å²) in [5.41, 5.74) is 8.18. The molecule has 3 nitrogen and oxygen atoms in total. The molecule has 0 aliphatic carbocycles. The van der Waals surface area contributed by atoms with E-state index >= 15 is 0 Å². The van der Waals surface area contributed by atoms with Crippen LogP contribution in [0.25, 0.3) is 0 Å². The maximum absolute atomic E-state index is 12.3. The van der Waals surface area contributed by atoms with Gasteiger partial charge in [0.1, 0.15) is 4.99 Å². The molecule has 0 unspecified atom stereocenters. The Hall–Kier alpha value is -1.43. The van der Waals surface area contributed by atoms with Crippen molar-refractivity contribution in [2.45, 2.75) is 6.92 Å². The topological polar surface area (TPSA) is 55.1 Å². The van der Waals surface area contributed by atoms with E-state index in [1.165, 1.54) is 0 Å². The zero-order valence-electron chi connectivity index (χ0n) is 11.1. The summed E-state index contributed by atoms with van der Waals surface area (Å²) in [6, 6.07) is 10.5. The number of aryl methyl sites for hydroxylation is 1. The van der Waals surface area contributed by atoms with Crippen LogP contribution in [0.15, 0.2) is 40.9 Å². The lowest BCUT2D eigenvalue weighted by molar-refractivity contribution is 0.102. The highest BCUT2D eigenvalue weighted by molar-refractivity contribution is 9.10. The van der Waals surface area contributed by atoms with E-state index in [2.05, 4.69) is 21.2 Å². The van der Waals surface area contributed by atoms with Gasteiger partial charge < -0.3 is 11.1 Å². The summed E-state index contributed by atoms with van der Waals surface area (Å²) >= 11 is 14.4. The van der Waals surface area contributed by atoms with Crippen LogP contribution in [-0.4, -0.2) is 10.9 Å². The van der Waals surface area contributed by atoms with Crippen molar-refractivity contribution in [3.63, 3.8) is 0 Å². The van der Waals surface area contributed by atoms with Crippen molar-refractivity contribution in [3.8, 4) is 0 Å². The Morgan fingerprint density at radius 2 is 2.00 bits per heavy atom. The van der Waals surface area contributed by atoms with Crippen molar-refractivity contribution >= 4 is 56.3 Å². The Morgan fingerprint density at radius 1 is 1.29 bits per heavy atom. The first-order valence-corrected chi connectivity index (χ1v) is 7.63. The van der Waals surface area contributed by atoms with Crippen molar-refractivity contribution in [1.29, 1.82) is 0 Å². The Morgan fingerprint density at radius 3 is 2.57 bits per heavy atom. The molecule has 0 radical (unpaired) electrons. The normalized spacial score (nSPS) is 10.2. The third-order valence-electron chi connectivity index (χ3n) is 2.93. The number of thiocarbonyl (C=S) groups is 1. The molecule has 0 saturated heterocycles. The third kappa shape index (κ3) is 3.81. The van der Waals surface area contributed by atoms with Gasteiger partial charge in [-0.2, -0.15) is 0 Å². The zero-order valence-corrected chi connectivity index (χ0v) is 14.3. The van der Waals surface area contributed by atoms with Gasteiger partial charge in [-0.15, -0.1) is 0 Å². The van der Waals surface area contributed by atoms with Gasteiger partial charge in [0.25, 0.3) is 5.91 Å². The minimum Gasteiger partial charge on any atom is -0.389 e. The maximum atomic E-state index is 12.3. The second-order valence-corrected chi connectivity index (χ2v) is 6.23. The fraction of sp³-hybridized carbons (Fsp3) is 0.0667. The first-order chi connectivity index (χ1) is 9.88. The number of nitrogens with two attached hydrogens (primary N) is 1. The number of halogens is 2. The highest BCUT2D eigenvalue weighted by Crippen LogP contribution is 2.24. The molecule has 0 bridgehead atoms. The number of amides is 1. The van der Waals surface area contributed by atoms with Gasteiger partial charge >= 0.3 is 0 Å². The van der Waals surface area contributed by atoms with Gasteiger partial charge in [0.15, 0.2) is 0 Å². The second-order valence-electron chi connectivity index (χ2n) is 4.47. The van der Waals surface area contributed by atoms with Gasteiger partial charge in [-0.3, -0.25) is 4.79 Å². The molecule has 0 aromatic heterocycles. The summed E-state index contributed by atoms with van der Waals surface area (Å²) < 4.78 is 0.926. The van der Waals surface area contributed by atoms with Crippen LogP contribution in [0.2, 0.25) is 5.02 Å². The SMILES string of the molecule is Cc1cc(Br)ccc1C(=O)Nc1ccc(C(N)=S)cc1Cl. The Balaban J connectivity index is 2.25. The standard InChI is InChI=1S/C15H12BrClN2OS/c1-8-6-10(16)3-4-11(8)15(20)19-13-5-2-9(14(18)21)7-12(13)17/h2-7H,1H3,(H2,18,21)(H,19,20). The molecule has 2 aromatic rings. The van der Waals surface area contributed by atoms with Gasteiger partial charge in [-0.25, -0.2) is 0 Å². The minimum absolute atomic E-state index is 0.218. The number of hydrogen-bond donors (Lipinski definition) is 2. The first kappa shape index (κ1) is 15.9. The molecular formula is C15H12BrClN2OS. The van der Waals surface area contributed by atoms with E-state index in [9.17, 15) is 4.79 Å². The number of nitrogens with one attached hydrogen (secondary N) is 1. The van der Waals surface area contributed by atoms with Crippen LogP contribution in [0.1, 0.15) is 21.5 Å². The summed E-state index contributed by atoms with van der Waals surface area (Å²) in [7, 11) is 0. The highest BCUT2D eigenvalue weighted by Gasteiger charge is 2.12. The molecule has 0 aliphatic heterocycles. The molecule has 0 fully saturated rings. The van der Waals surface area contributed by atoms with Crippen molar-refractivity contribution in [1.82, 2.24) is 0 Å². The van der Waals surface area contributed by atoms with E-state index in [4.69, 9.17) is 29.6 Å². The molecule has 3 N–H and O–H groups in total. The van der Waals surface area contributed by atoms with Crippen molar-refractivity contribution in [2.75, 3.05) is 5.32 Å². The van der Waals surface area contributed by atoms with Crippen molar-refractivity contribution < 1.29 is 4.79 Å². The van der Waals surface area contributed by atoms with Crippen LogP contribution >= 0.6 is 39.7 Å². The lowest BCUT2D eigenvalue weighted by Gasteiger charge is -2.10. The Labute approximate surface area is 141 Å². The molecule has 0 heterocycles. The minimum atomic E-state index is -0.218. The zero-order chi connectivity index (χ0) is 15.6. The monoisotopic (exact) mass is 382 g/mol. The fourth-order valence-corrected chi connectivity index (χ4v) is 2.67. The Kier molecular flexibility index (Phi) is 4.98. The van der Waals surface area contributed by atoms with Gasteiger partial charge in [0.2, 0.25) is 0 Å². The largest absolute Gasteiger partial charge is 0.389 e. The predicted octanol–water partition coefficient (Wildman–Crippen LogP) is 4.30. The van der Waals surface area contributed by atoms with E-state index in [0.717, 1.165) is 10.0 Å². The lowest BCUT2D eigenvalue weighted by atomic mass is 10.1. The van der Waals surface area contributed by atoms with Gasteiger partial charge in [-0.05, 0) is 48.9 Å². The van der Waals surface area contributed by atoms with Crippen LogP contribution in [0.4, 0.5) is 5.69 Å². The number of hydrogen-bond acceptors (Lipinski definition) is 2. The molecule has 2 rings (SSSR count). The van der Waals surface area contributed by atoms with Gasteiger partial charge in [-0.1, -0.05) is 39.7 Å². The molecule has 2 aromatic carbocycles. The summed E-state index contributed by atoms with van der Waals surface area (Å²) in [4.78, 5) is 12.5. The van der Waals surface area contributed by atoms with Crippen LogP contribution in [0, 0.1) is 6.92 Å². The highest BCUT2D eigenvalue weighted by atomic mass is 79.9. The van der Waals surface area contributed by atoms with Crippen molar-refractivity contribution in [3.05, 3.63) is 62.6 Å². The number of rotatable bonds is 3. The van der Waals surface area contributed by atoms with Gasteiger partial charge in [0, 0.05) is 15.6 Å². The first-order valence-electron chi connectivity index (χ1n) is 6.05. The molecule has 0 spiro atoms. The number of benzene rings is 2. The van der Waals surface area contributed by atoms with Crippen LogP contribution in [0.5, 0.6) is 0 Å². The van der Waals surface area contributed by atoms with E-state index in [1.54, 1.807) is 24.3 Å². The summed E-state index contributed by atoms with van der Waals surface area (Å²) in [5.74, 6) is -0.218. The predicted molar refractivity (Wildman–Crippen MR) is 94.2 cm³/mol. The number of carbonyl (C=O) groups is 1. The Bertz CT molecular complexity index is 734. The maximum Gasteiger partial charge on any atom is 0.255 e. The quantitative estimate of drug-likeness (QED) is 0.777. The van der Waals surface area contributed by atoms with E-state index in [0.29, 0.717) is 21.8 Å². The number of carbonyl (C=O) groups excluding carboxylic acids is 1. The third-order valence-corrected chi connectivity index (χ3v) is 3.98. The summed E-state index contributed by atoms with van der Waals surface area (Å²) in [6.45, 7) is 1.87. The fourth-order valence-electron chi connectivity index (χ4n) is 1.84. The molecular weight excluding hydrogens is 372 g/mol. The molecule has 0 saturated carbocycles. The van der Waals surface area contributed by atoms with Crippen molar-refractivity contribution in [2.24, 2.45) is 5.73 Å². The molecule has 1 amide bonds. The van der Waals surface area contributed by atoms with Crippen LogP contribution in [0.3, 0.4) is 0 Å². The van der Waals surface area contributed by atoms with E-state index in [1.807, 2.05) is 19.1 Å². The van der Waals surface area contributed by atoms with Gasteiger partial charge in [0.05, 0.1) is 10.7 Å². The van der Waals surface area contributed by atoms with E-state index < -0.39 is 0 Å². The average molecular weight is 384 g/mol. The van der Waals surface area contributed by atoms with Crippen LogP contribution < -0.4 is 11.1 Å². The smallest absolute Gasteiger partial charge is 0.255 e. The molecule has 0 aliphatic rings. The van der Waals surface area contributed by atoms with E-state index in [-0.39, 0.29) is 10.9 Å². The number of anilines is 1. The molecule has 108 valence electrons. The average Bonchev–Trinajstić information content (AvgIpc) is 2.40. The lowest BCUT2D eigenvalue weighted by Crippen LogP contribution is -2.14. The molecule has 0 atom stereocenters. The molecule has 21 heavy (non-hydrogen) atoms. The molecule has 6 heteroatoms. The summed E-state index contributed by atoms with van der Waals surface area (Å²) in [6.07, 6.45) is 0.